The van der Waals surface area contributed by atoms with Gasteiger partial charge < -0.3 is 5.32 Å². The number of rotatable bonds is 6. The first-order valence-corrected chi connectivity index (χ1v) is 11.5. The maximum atomic E-state index is 13.1. The van der Waals surface area contributed by atoms with Crippen molar-refractivity contribution >= 4 is 11.6 Å². The molecule has 0 radical (unpaired) electrons. The Kier molecular flexibility index (Phi) is 5.60. The van der Waals surface area contributed by atoms with Gasteiger partial charge in [0.1, 0.15) is 0 Å². The molecule has 1 unspecified atom stereocenters. The van der Waals surface area contributed by atoms with Crippen molar-refractivity contribution in [1.82, 2.24) is 14.7 Å². The predicted octanol–water partition coefficient (Wildman–Crippen LogP) is 5.38. The molecule has 1 aromatic heterocycles. The number of aromatic nitrogens is 2. The van der Waals surface area contributed by atoms with Gasteiger partial charge in [0.15, 0.2) is 0 Å². The maximum Gasteiger partial charge on any atom is 0.259 e. The molecule has 3 aromatic rings. The van der Waals surface area contributed by atoms with Crippen LogP contribution < -0.4 is 5.32 Å². The lowest BCUT2D eigenvalue weighted by molar-refractivity contribution is 0.102. The van der Waals surface area contributed by atoms with Crippen LogP contribution in [0.1, 0.15) is 66.6 Å². The highest BCUT2D eigenvalue weighted by molar-refractivity contribution is 6.05. The van der Waals surface area contributed by atoms with Crippen molar-refractivity contribution in [2.45, 2.75) is 57.5 Å². The molecule has 1 atom stereocenters. The third-order valence-corrected chi connectivity index (χ3v) is 6.55. The molecule has 2 heterocycles. The van der Waals surface area contributed by atoms with Crippen LogP contribution >= 0.6 is 0 Å². The summed E-state index contributed by atoms with van der Waals surface area (Å²) >= 11 is 0. The molecular formula is C26H30N4O. The molecule has 0 bridgehead atoms. The van der Waals surface area contributed by atoms with Gasteiger partial charge in [-0.15, -0.1) is 0 Å². The zero-order valence-electron chi connectivity index (χ0n) is 18.1. The summed E-state index contributed by atoms with van der Waals surface area (Å²) in [5.41, 5.74) is 4.83. The monoisotopic (exact) mass is 414 g/mol. The highest BCUT2D eigenvalue weighted by Gasteiger charge is 2.33. The van der Waals surface area contributed by atoms with E-state index in [0.717, 1.165) is 36.5 Å². The molecule has 1 saturated carbocycles. The van der Waals surface area contributed by atoms with Crippen LogP contribution in [0.3, 0.4) is 0 Å². The van der Waals surface area contributed by atoms with E-state index in [2.05, 4.69) is 34.4 Å². The van der Waals surface area contributed by atoms with E-state index in [1.54, 1.807) is 6.20 Å². The number of anilines is 1. The fourth-order valence-electron chi connectivity index (χ4n) is 4.58. The Balaban J connectivity index is 1.30. The Hall–Kier alpha value is -2.92. The summed E-state index contributed by atoms with van der Waals surface area (Å²) in [6.45, 7) is 4.47. The summed E-state index contributed by atoms with van der Waals surface area (Å²) in [4.78, 5) is 15.6. The summed E-state index contributed by atoms with van der Waals surface area (Å²) in [6, 6.07) is 19.0. The quantitative estimate of drug-likeness (QED) is 0.589. The number of nitrogens with zero attached hydrogens (tertiary/aromatic N) is 3. The van der Waals surface area contributed by atoms with E-state index < -0.39 is 0 Å². The van der Waals surface area contributed by atoms with Crippen molar-refractivity contribution < 1.29 is 4.79 Å². The van der Waals surface area contributed by atoms with E-state index in [4.69, 9.17) is 0 Å². The average Bonchev–Trinajstić information content (AvgIpc) is 3.54. The van der Waals surface area contributed by atoms with Crippen LogP contribution in [0.5, 0.6) is 0 Å². The SMILES string of the molecule is CC1CCCCN1Cc1ccc(NC(=O)c2cnn(-c3ccccc3)c2C2CC2)cc1. The minimum absolute atomic E-state index is 0.0820. The van der Waals surface area contributed by atoms with E-state index in [0.29, 0.717) is 17.5 Å². The maximum absolute atomic E-state index is 13.1. The van der Waals surface area contributed by atoms with Crippen molar-refractivity contribution in [3.05, 3.63) is 77.6 Å². The van der Waals surface area contributed by atoms with Crippen LogP contribution in [-0.2, 0) is 6.54 Å². The molecule has 5 rings (SSSR count). The molecule has 0 spiro atoms. The number of para-hydroxylation sites is 1. The van der Waals surface area contributed by atoms with Gasteiger partial charge in [-0.1, -0.05) is 36.8 Å². The van der Waals surface area contributed by atoms with Gasteiger partial charge in [0.2, 0.25) is 0 Å². The van der Waals surface area contributed by atoms with Crippen molar-refractivity contribution in [2.75, 3.05) is 11.9 Å². The van der Waals surface area contributed by atoms with Crippen LogP contribution in [0, 0.1) is 0 Å². The molecule has 1 amide bonds. The molecule has 1 saturated heterocycles. The number of hydrogen-bond donors (Lipinski definition) is 1. The van der Waals surface area contributed by atoms with Crippen LogP contribution in [-0.4, -0.2) is 33.2 Å². The number of amides is 1. The Labute approximate surface area is 184 Å². The first-order valence-electron chi connectivity index (χ1n) is 11.5. The molecular weight excluding hydrogens is 384 g/mol. The Morgan fingerprint density at radius 2 is 1.81 bits per heavy atom. The second kappa shape index (κ2) is 8.67. The van der Waals surface area contributed by atoms with Gasteiger partial charge in [0, 0.05) is 24.2 Å². The Bertz CT molecular complexity index is 1040. The van der Waals surface area contributed by atoms with Crippen LogP contribution in [0.25, 0.3) is 5.69 Å². The van der Waals surface area contributed by atoms with Gasteiger partial charge in [-0.3, -0.25) is 9.69 Å². The lowest BCUT2D eigenvalue weighted by Crippen LogP contribution is -2.36. The number of piperidine rings is 1. The summed E-state index contributed by atoms with van der Waals surface area (Å²) in [5, 5.41) is 7.63. The molecule has 2 aromatic carbocycles. The zero-order chi connectivity index (χ0) is 21.2. The molecule has 31 heavy (non-hydrogen) atoms. The lowest BCUT2D eigenvalue weighted by atomic mass is 10.0. The van der Waals surface area contributed by atoms with E-state index in [1.165, 1.54) is 31.4 Å². The molecule has 2 aliphatic rings. The fourth-order valence-corrected chi connectivity index (χ4v) is 4.58. The Morgan fingerprint density at radius 1 is 1.03 bits per heavy atom. The van der Waals surface area contributed by atoms with E-state index in [-0.39, 0.29) is 5.91 Å². The van der Waals surface area contributed by atoms with E-state index in [9.17, 15) is 4.79 Å². The first-order chi connectivity index (χ1) is 15.2. The highest BCUT2D eigenvalue weighted by Crippen LogP contribution is 2.42. The summed E-state index contributed by atoms with van der Waals surface area (Å²) in [5.74, 6) is 0.332. The minimum atomic E-state index is -0.0820. The molecule has 5 heteroatoms. The van der Waals surface area contributed by atoms with Gasteiger partial charge in [0.05, 0.1) is 23.1 Å². The number of hydrogen-bond acceptors (Lipinski definition) is 3. The van der Waals surface area contributed by atoms with Crippen molar-refractivity contribution in [1.29, 1.82) is 0 Å². The third-order valence-electron chi connectivity index (χ3n) is 6.55. The standard InChI is InChI=1S/C26H30N4O/c1-19-7-5-6-16-29(19)18-20-10-14-22(15-11-20)28-26(31)24-17-27-30(25(24)21-12-13-21)23-8-3-2-4-9-23/h2-4,8-11,14-15,17,19,21H,5-7,12-13,16,18H2,1H3,(H,28,31). The Morgan fingerprint density at radius 3 is 2.52 bits per heavy atom. The van der Waals surface area contributed by atoms with Gasteiger partial charge in [0.25, 0.3) is 5.91 Å². The topological polar surface area (TPSA) is 50.2 Å². The molecule has 160 valence electrons. The van der Waals surface area contributed by atoms with Gasteiger partial charge >= 0.3 is 0 Å². The van der Waals surface area contributed by atoms with E-state index in [1.807, 2.05) is 47.1 Å². The number of carbonyl (C=O) groups is 1. The smallest absolute Gasteiger partial charge is 0.259 e. The largest absolute Gasteiger partial charge is 0.322 e. The number of benzene rings is 2. The molecule has 2 fully saturated rings. The molecule has 5 nitrogen and oxygen atoms in total. The van der Waals surface area contributed by atoms with Gasteiger partial charge in [-0.2, -0.15) is 5.10 Å². The summed E-state index contributed by atoms with van der Waals surface area (Å²) in [7, 11) is 0. The van der Waals surface area contributed by atoms with Crippen molar-refractivity contribution in [3.8, 4) is 5.69 Å². The van der Waals surface area contributed by atoms with Crippen LogP contribution in [0.15, 0.2) is 60.8 Å². The molecule has 1 aliphatic heterocycles. The lowest BCUT2D eigenvalue weighted by Gasteiger charge is -2.33. The fraction of sp³-hybridized carbons (Fsp3) is 0.385. The second-order valence-electron chi connectivity index (χ2n) is 8.93. The second-order valence-corrected chi connectivity index (χ2v) is 8.93. The average molecular weight is 415 g/mol. The van der Waals surface area contributed by atoms with Crippen LogP contribution in [0.4, 0.5) is 5.69 Å². The molecule has 1 N–H and O–H groups in total. The number of nitrogens with one attached hydrogen (secondary N) is 1. The van der Waals surface area contributed by atoms with Crippen LogP contribution in [0.2, 0.25) is 0 Å². The number of carbonyl (C=O) groups excluding carboxylic acids is 1. The highest BCUT2D eigenvalue weighted by atomic mass is 16.1. The van der Waals surface area contributed by atoms with Gasteiger partial charge in [-0.25, -0.2) is 4.68 Å². The number of likely N-dealkylation sites (tertiary alicyclic amines) is 1. The third kappa shape index (κ3) is 4.42. The normalized spacial score (nSPS) is 19.3. The summed E-state index contributed by atoms with van der Waals surface area (Å²) < 4.78 is 1.93. The van der Waals surface area contributed by atoms with Gasteiger partial charge in [-0.05, 0) is 69.0 Å². The minimum Gasteiger partial charge on any atom is -0.322 e. The first kappa shape index (κ1) is 20.0. The van der Waals surface area contributed by atoms with E-state index >= 15 is 0 Å². The summed E-state index contributed by atoms with van der Waals surface area (Å²) in [6.07, 6.45) is 7.85. The zero-order valence-corrected chi connectivity index (χ0v) is 18.1. The molecule has 1 aliphatic carbocycles. The van der Waals surface area contributed by atoms with Crippen molar-refractivity contribution in [2.24, 2.45) is 0 Å². The van der Waals surface area contributed by atoms with Crippen molar-refractivity contribution in [3.63, 3.8) is 0 Å². The predicted molar refractivity (Wildman–Crippen MR) is 124 cm³/mol.